The molecule has 0 amide bonds. The molecule has 0 radical (unpaired) electrons. The molecule has 0 atom stereocenters. The van der Waals surface area contributed by atoms with Crippen LogP contribution in [0.1, 0.15) is 25.3 Å². The minimum Gasteiger partial charge on any atom is -0.508 e. The molecular formula is C15H16O2. The smallest absolute Gasteiger partial charge is 0.123 e. The van der Waals surface area contributed by atoms with E-state index in [9.17, 15) is 10.2 Å². The molecule has 2 nitrogen and oxygen atoms in total. The van der Waals surface area contributed by atoms with Gasteiger partial charge in [-0.1, -0.05) is 38.1 Å². The van der Waals surface area contributed by atoms with Crippen molar-refractivity contribution >= 4 is 0 Å². The van der Waals surface area contributed by atoms with Crippen molar-refractivity contribution in [3.8, 4) is 22.6 Å². The molecule has 2 N–H and O–H groups in total. The molecule has 0 aromatic heterocycles. The highest BCUT2D eigenvalue weighted by Gasteiger charge is 2.07. The summed E-state index contributed by atoms with van der Waals surface area (Å²) in [6.07, 6.45) is 0. The Balaban J connectivity index is 2.43. The third kappa shape index (κ3) is 2.41. The first-order chi connectivity index (χ1) is 8.08. The van der Waals surface area contributed by atoms with Crippen LogP contribution >= 0.6 is 0 Å². The first-order valence-corrected chi connectivity index (χ1v) is 5.70. The summed E-state index contributed by atoms with van der Waals surface area (Å²) in [5, 5.41) is 19.2. The molecule has 0 saturated heterocycles. The minimum atomic E-state index is 0.229. The van der Waals surface area contributed by atoms with Crippen LogP contribution in [0.5, 0.6) is 11.5 Å². The third-order valence-electron chi connectivity index (χ3n) is 2.87. The lowest BCUT2D eigenvalue weighted by Gasteiger charge is -2.10. The van der Waals surface area contributed by atoms with E-state index in [1.807, 2.05) is 12.1 Å². The monoisotopic (exact) mass is 228 g/mol. The number of hydrogen-bond donors (Lipinski definition) is 2. The predicted octanol–water partition coefficient (Wildman–Crippen LogP) is 3.89. The lowest BCUT2D eigenvalue weighted by Crippen LogP contribution is -1.87. The summed E-state index contributed by atoms with van der Waals surface area (Å²) < 4.78 is 0. The van der Waals surface area contributed by atoms with Gasteiger partial charge in [-0.15, -0.1) is 0 Å². The number of phenols is 2. The maximum Gasteiger partial charge on any atom is 0.123 e. The Hall–Kier alpha value is -1.96. The molecule has 0 spiro atoms. The Morgan fingerprint density at radius 3 is 2.06 bits per heavy atom. The van der Waals surface area contributed by atoms with Crippen LogP contribution in [0.15, 0.2) is 42.5 Å². The van der Waals surface area contributed by atoms with E-state index < -0.39 is 0 Å². The molecule has 0 bridgehead atoms. The second kappa shape index (κ2) is 4.50. The van der Waals surface area contributed by atoms with Crippen LogP contribution in [-0.2, 0) is 0 Å². The summed E-state index contributed by atoms with van der Waals surface area (Å²) in [4.78, 5) is 0. The molecule has 2 aromatic rings. The van der Waals surface area contributed by atoms with E-state index >= 15 is 0 Å². The van der Waals surface area contributed by atoms with Crippen molar-refractivity contribution in [2.24, 2.45) is 0 Å². The molecule has 0 unspecified atom stereocenters. The Labute approximate surface area is 101 Å². The summed E-state index contributed by atoms with van der Waals surface area (Å²) in [6, 6.07) is 12.5. The summed E-state index contributed by atoms with van der Waals surface area (Å²) in [5.74, 6) is 0.906. The Kier molecular flexibility index (Phi) is 3.05. The molecule has 0 aliphatic rings. The van der Waals surface area contributed by atoms with Crippen molar-refractivity contribution in [3.05, 3.63) is 48.0 Å². The molecule has 0 aliphatic carbocycles. The molecular weight excluding hydrogens is 212 g/mol. The Bertz CT molecular complexity index is 513. The predicted molar refractivity (Wildman–Crippen MR) is 69.3 cm³/mol. The van der Waals surface area contributed by atoms with Crippen molar-refractivity contribution in [2.45, 2.75) is 19.8 Å². The van der Waals surface area contributed by atoms with E-state index in [1.54, 1.807) is 30.3 Å². The molecule has 2 rings (SSSR count). The highest BCUT2D eigenvalue weighted by Crippen LogP contribution is 2.32. The topological polar surface area (TPSA) is 40.5 Å². The third-order valence-corrected chi connectivity index (χ3v) is 2.87. The second-order valence-corrected chi connectivity index (χ2v) is 4.48. The fourth-order valence-corrected chi connectivity index (χ4v) is 1.79. The lowest BCUT2D eigenvalue weighted by molar-refractivity contribution is 0.473. The SMILES string of the molecule is CC(C)c1ccc(-c2ccc(O)cc2)c(O)c1. The van der Waals surface area contributed by atoms with Crippen molar-refractivity contribution < 1.29 is 10.2 Å². The van der Waals surface area contributed by atoms with Gasteiger partial charge >= 0.3 is 0 Å². The zero-order chi connectivity index (χ0) is 12.4. The normalized spacial score (nSPS) is 10.8. The van der Waals surface area contributed by atoms with Gasteiger partial charge in [0.1, 0.15) is 11.5 Å². The van der Waals surface area contributed by atoms with Crippen LogP contribution in [0, 0.1) is 0 Å². The molecule has 2 heteroatoms. The van der Waals surface area contributed by atoms with Crippen LogP contribution < -0.4 is 0 Å². The molecule has 0 fully saturated rings. The van der Waals surface area contributed by atoms with E-state index in [2.05, 4.69) is 13.8 Å². The maximum absolute atomic E-state index is 10.0. The molecule has 0 saturated carbocycles. The number of hydrogen-bond acceptors (Lipinski definition) is 2. The van der Waals surface area contributed by atoms with Gasteiger partial charge < -0.3 is 10.2 Å². The van der Waals surface area contributed by atoms with Gasteiger partial charge in [-0.25, -0.2) is 0 Å². The average molecular weight is 228 g/mol. The number of aromatic hydroxyl groups is 2. The van der Waals surface area contributed by atoms with Crippen LogP contribution in [0.3, 0.4) is 0 Å². The van der Waals surface area contributed by atoms with Gasteiger partial charge in [0.2, 0.25) is 0 Å². The average Bonchev–Trinajstić information content (AvgIpc) is 2.30. The molecule has 2 aromatic carbocycles. The lowest BCUT2D eigenvalue weighted by atomic mass is 9.98. The van der Waals surface area contributed by atoms with Gasteiger partial charge in [0.25, 0.3) is 0 Å². The minimum absolute atomic E-state index is 0.229. The van der Waals surface area contributed by atoms with Crippen LogP contribution in [-0.4, -0.2) is 10.2 Å². The summed E-state index contributed by atoms with van der Waals surface area (Å²) in [5.41, 5.74) is 2.80. The van der Waals surface area contributed by atoms with Gasteiger partial charge in [-0.05, 0) is 35.2 Å². The quantitative estimate of drug-likeness (QED) is 0.818. The molecule has 17 heavy (non-hydrogen) atoms. The van der Waals surface area contributed by atoms with E-state index in [0.29, 0.717) is 5.92 Å². The van der Waals surface area contributed by atoms with Gasteiger partial charge in [0, 0.05) is 5.56 Å². The Morgan fingerprint density at radius 2 is 1.53 bits per heavy atom. The molecule has 0 aliphatic heterocycles. The standard InChI is InChI=1S/C15H16O2/c1-10(2)12-5-8-14(15(17)9-12)11-3-6-13(16)7-4-11/h3-10,16-17H,1-2H3. The fourth-order valence-electron chi connectivity index (χ4n) is 1.79. The van der Waals surface area contributed by atoms with Crippen molar-refractivity contribution in [3.63, 3.8) is 0 Å². The van der Waals surface area contributed by atoms with Gasteiger partial charge in [-0.3, -0.25) is 0 Å². The maximum atomic E-state index is 10.0. The summed E-state index contributed by atoms with van der Waals surface area (Å²) >= 11 is 0. The largest absolute Gasteiger partial charge is 0.508 e. The van der Waals surface area contributed by atoms with Crippen LogP contribution in [0.25, 0.3) is 11.1 Å². The zero-order valence-electron chi connectivity index (χ0n) is 10.0. The first kappa shape index (κ1) is 11.5. The van der Waals surface area contributed by atoms with E-state index in [4.69, 9.17) is 0 Å². The highest BCUT2D eigenvalue weighted by molar-refractivity contribution is 5.71. The number of phenolic OH excluding ortho intramolecular Hbond substituents is 2. The second-order valence-electron chi connectivity index (χ2n) is 4.48. The van der Waals surface area contributed by atoms with Crippen molar-refractivity contribution in [1.82, 2.24) is 0 Å². The summed E-state index contributed by atoms with van der Waals surface area (Å²) in [7, 11) is 0. The summed E-state index contributed by atoms with van der Waals surface area (Å²) in [6.45, 7) is 4.18. The fraction of sp³-hybridized carbons (Fsp3) is 0.200. The highest BCUT2D eigenvalue weighted by atomic mass is 16.3. The van der Waals surface area contributed by atoms with E-state index in [1.165, 1.54) is 0 Å². The van der Waals surface area contributed by atoms with Gasteiger partial charge in [-0.2, -0.15) is 0 Å². The number of benzene rings is 2. The zero-order valence-corrected chi connectivity index (χ0v) is 10.0. The van der Waals surface area contributed by atoms with Gasteiger partial charge in [0.05, 0.1) is 0 Å². The molecule has 88 valence electrons. The van der Waals surface area contributed by atoms with Crippen molar-refractivity contribution in [2.75, 3.05) is 0 Å². The van der Waals surface area contributed by atoms with Crippen molar-refractivity contribution in [1.29, 1.82) is 0 Å². The Morgan fingerprint density at radius 1 is 0.882 bits per heavy atom. The first-order valence-electron chi connectivity index (χ1n) is 5.70. The van der Waals surface area contributed by atoms with Gasteiger partial charge in [0.15, 0.2) is 0 Å². The van der Waals surface area contributed by atoms with E-state index in [0.717, 1.165) is 16.7 Å². The van der Waals surface area contributed by atoms with E-state index in [-0.39, 0.29) is 11.5 Å². The van der Waals surface area contributed by atoms with Crippen LogP contribution in [0.2, 0.25) is 0 Å². The molecule has 0 heterocycles. The van der Waals surface area contributed by atoms with Crippen LogP contribution in [0.4, 0.5) is 0 Å². The number of rotatable bonds is 2.